The Labute approximate surface area is 128 Å². The average Bonchev–Trinajstić information content (AvgIpc) is 3.14. The normalized spacial score (nSPS) is 26.6. The van der Waals surface area contributed by atoms with Crippen molar-refractivity contribution >= 4 is 17.8 Å². The van der Waals surface area contributed by atoms with Crippen LogP contribution in [0, 0.1) is 11.8 Å². The predicted molar refractivity (Wildman–Crippen MR) is 77.4 cm³/mol. The molecule has 7 heteroatoms. The summed E-state index contributed by atoms with van der Waals surface area (Å²) >= 11 is 0. The van der Waals surface area contributed by atoms with Gasteiger partial charge in [0.1, 0.15) is 11.9 Å². The number of esters is 2. The SMILES string of the molecule is COC(=O)c1cncc(N2C[C@H]3CCC[C@H]3[C@H]2C(=O)OC)n1. The lowest BCUT2D eigenvalue weighted by Gasteiger charge is -2.26. The third-order valence-corrected chi connectivity index (χ3v) is 4.64. The number of carbonyl (C=O) groups excluding carboxylic acids is 2. The van der Waals surface area contributed by atoms with Gasteiger partial charge in [-0.05, 0) is 24.7 Å². The van der Waals surface area contributed by atoms with Crippen LogP contribution >= 0.6 is 0 Å². The molecule has 0 radical (unpaired) electrons. The van der Waals surface area contributed by atoms with Crippen LogP contribution in [0.25, 0.3) is 0 Å². The summed E-state index contributed by atoms with van der Waals surface area (Å²) in [5.74, 6) is 0.486. The molecule has 0 N–H and O–H groups in total. The van der Waals surface area contributed by atoms with Gasteiger partial charge in [0, 0.05) is 6.54 Å². The van der Waals surface area contributed by atoms with E-state index in [4.69, 9.17) is 4.74 Å². The van der Waals surface area contributed by atoms with Crippen molar-refractivity contribution in [2.24, 2.45) is 11.8 Å². The second kappa shape index (κ2) is 5.90. The lowest BCUT2D eigenvalue weighted by Crippen LogP contribution is -2.41. The van der Waals surface area contributed by atoms with Crippen LogP contribution in [-0.2, 0) is 14.3 Å². The smallest absolute Gasteiger partial charge is 0.358 e. The van der Waals surface area contributed by atoms with Crippen LogP contribution in [0.2, 0.25) is 0 Å². The summed E-state index contributed by atoms with van der Waals surface area (Å²) in [6.45, 7) is 0.740. The summed E-state index contributed by atoms with van der Waals surface area (Å²) in [7, 11) is 2.70. The first-order valence-electron chi connectivity index (χ1n) is 7.40. The number of methoxy groups -OCH3 is 2. The third-order valence-electron chi connectivity index (χ3n) is 4.64. The number of anilines is 1. The van der Waals surface area contributed by atoms with Gasteiger partial charge in [0.25, 0.3) is 0 Å². The highest BCUT2D eigenvalue weighted by Gasteiger charge is 2.48. The molecule has 3 atom stereocenters. The fourth-order valence-electron chi connectivity index (χ4n) is 3.66. The van der Waals surface area contributed by atoms with Crippen molar-refractivity contribution in [3.05, 3.63) is 18.1 Å². The minimum absolute atomic E-state index is 0.140. The molecular formula is C15H19N3O4. The van der Waals surface area contributed by atoms with Crippen LogP contribution in [0.15, 0.2) is 12.4 Å². The minimum Gasteiger partial charge on any atom is -0.467 e. The molecule has 2 heterocycles. The van der Waals surface area contributed by atoms with Crippen molar-refractivity contribution in [1.29, 1.82) is 0 Å². The molecule has 1 aromatic heterocycles. The number of hydrogen-bond donors (Lipinski definition) is 0. The van der Waals surface area contributed by atoms with Crippen molar-refractivity contribution in [2.45, 2.75) is 25.3 Å². The minimum atomic E-state index is -0.539. The number of aromatic nitrogens is 2. The number of nitrogens with zero attached hydrogens (tertiary/aromatic N) is 3. The quantitative estimate of drug-likeness (QED) is 0.772. The van der Waals surface area contributed by atoms with E-state index < -0.39 is 5.97 Å². The van der Waals surface area contributed by atoms with Crippen molar-refractivity contribution in [2.75, 3.05) is 25.7 Å². The predicted octanol–water partition coefficient (Wildman–Crippen LogP) is 1.04. The van der Waals surface area contributed by atoms with Gasteiger partial charge in [-0.25, -0.2) is 14.6 Å². The molecule has 0 unspecified atom stereocenters. The molecule has 1 aromatic rings. The van der Waals surface area contributed by atoms with Gasteiger partial charge < -0.3 is 14.4 Å². The van der Waals surface area contributed by atoms with Crippen molar-refractivity contribution in [3.63, 3.8) is 0 Å². The molecule has 7 nitrogen and oxygen atoms in total. The Bertz CT molecular complexity index is 592. The summed E-state index contributed by atoms with van der Waals surface area (Å²) in [6.07, 6.45) is 6.21. The Morgan fingerprint density at radius 1 is 1.23 bits per heavy atom. The lowest BCUT2D eigenvalue weighted by molar-refractivity contribution is -0.143. The highest BCUT2D eigenvalue weighted by atomic mass is 16.5. The highest BCUT2D eigenvalue weighted by Crippen LogP contribution is 2.43. The molecule has 1 aliphatic carbocycles. The summed E-state index contributed by atoms with van der Waals surface area (Å²) < 4.78 is 9.64. The van der Waals surface area contributed by atoms with Crippen LogP contribution in [-0.4, -0.2) is 48.7 Å². The Morgan fingerprint density at radius 2 is 2.05 bits per heavy atom. The molecule has 1 saturated heterocycles. The molecule has 118 valence electrons. The number of ether oxygens (including phenoxy) is 2. The standard InChI is InChI=1S/C15H19N3O4/c1-21-14(19)11-6-16-7-12(17-11)18-8-9-4-3-5-10(9)13(18)15(20)22-2/h6-7,9-10,13H,3-5,8H2,1-2H3/t9-,10-,13+/m1/s1. The zero-order valence-electron chi connectivity index (χ0n) is 12.7. The number of fused-ring (bicyclic) bond motifs is 1. The lowest BCUT2D eigenvalue weighted by atomic mass is 9.94. The molecule has 1 aliphatic heterocycles. The first kappa shape index (κ1) is 14.7. The maximum absolute atomic E-state index is 12.2. The zero-order chi connectivity index (χ0) is 15.7. The second-order valence-corrected chi connectivity index (χ2v) is 5.73. The van der Waals surface area contributed by atoms with E-state index in [2.05, 4.69) is 14.7 Å². The average molecular weight is 305 g/mol. The van der Waals surface area contributed by atoms with Gasteiger partial charge in [0.15, 0.2) is 5.69 Å². The number of rotatable bonds is 3. The fraction of sp³-hybridized carbons (Fsp3) is 0.600. The van der Waals surface area contributed by atoms with Crippen LogP contribution in [0.4, 0.5) is 5.82 Å². The molecule has 0 spiro atoms. The molecule has 0 amide bonds. The molecular weight excluding hydrogens is 286 g/mol. The fourth-order valence-corrected chi connectivity index (χ4v) is 3.66. The van der Waals surface area contributed by atoms with E-state index in [1.54, 1.807) is 6.20 Å². The highest BCUT2D eigenvalue weighted by molar-refractivity contribution is 5.87. The number of hydrogen-bond acceptors (Lipinski definition) is 7. The second-order valence-electron chi connectivity index (χ2n) is 5.73. The van der Waals surface area contributed by atoms with Gasteiger partial charge in [-0.2, -0.15) is 0 Å². The van der Waals surface area contributed by atoms with E-state index in [9.17, 15) is 9.59 Å². The summed E-state index contributed by atoms with van der Waals surface area (Å²) in [6, 6.07) is -0.348. The van der Waals surface area contributed by atoms with E-state index in [0.29, 0.717) is 11.7 Å². The molecule has 3 rings (SSSR count). The number of carbonyl (C=O) groups is 2. The van der Waals surface area contributed by atoms with E-state index in [1.807, 2.05) is 4.90 Å². The van der Waals surface area contributed by atoms with Crippen LogP contribution < -0.4 is 4.90 Å². The maximum Gasteiger partial charge on any atom is 0.358 e. The topological polar surface area (TPSA) is 81.6 Å². The maximum atomic E-state index is 12.2. The Balaban J connectivity index is 1.92. The van der Waals surface area contributed by atoms with E-state index >= 15 is 0 Å². The third kappa shape index (κ3) is 2.40. The molecule has 0 aromatic carbocycles. The van der Waals surface area contributed by atoms with Crippen LogP contribution in [0.3, 0.4) is 0 Å². The molecule has 2 aliphatic rings. The van der Waals surface area contributed by atoms with Gasteiger partial charge >= 0.3 is 11.9 Å². The molecule has 2 fully saturated rings. The monoisotopic (exact) mass is 305 g/mol. The molecule has 0 bridgehead atoms. The molecule has 1 saturated carbocycles. The molecule has 22 heavy (non-hydrogen) atoms. The van der Waals surface area contributed by atoms with Crippen molar-refractivity contribution < 1.29 is 19.1 Å². The van der Waals surface area contributed by atoms with Gasteiger partial charge in [0.05, 0.1) is 26.6 Å². The first-order chi connectivity index (χ1) is 10.7. The van der Waals surface area contributed by atoms with E-state index in [0.717, 1.165) is 25.8 Å². The Morgan fingerprint density at radius 3 is 2.77 bits per heavy atom. The summed E-state index contributed by atoms with van der Waals surface area (Å²) in [4.78, 5) is 34.1. The van der Waals surface area contributed by atoms with Crippen LogP contribution in [0.1, 0.15) is 29.8 Å². The summed E-state index contributed by atoms with van der Waals surface area (Å²) in [5, 5.41) is 0. The van der Waals surface area contributed by atoms with Crippen LogP contribution in [0.5, 0.6) is 0 Å². The van der Waals surface area contributed by atoms with E-state index in [1.165, 1.54) is 20.4 Å². The van der Waals surface area contributed by atoms with Crippen molar-refractivity contribution in [3.8, 4) is 0 Å². The van der Waals surface area contributed by atoms with Gasteiger partial charge in [0.2, 0.25) is 0 Å². The largest absolute Gasteiger partial charge is 0.467 e. The summed E-state index contributed by atoms with van der Waals surface area (Å²) in [5.41, 5.74) is 0.140. The van der Waals surface area contributed by atoms with Crippen molar-refractivity contribution in [1.82, 2.24) is 9.97 Å². The Kier molecular flexibility index (Phi) is 3.96. The van der Waals surface area contributed by atoms with Gasteiger partial charge in [-0.15, -0.1) is 0 Å². The first-order valence-corrected chi connectivity index (χ1v) is 7.40. The Hall–Kier alpha value is -2.18. The van der Waals surface area contributed by atoms with Gasteiger partial charge in [-0.3, -0.25) is 4.98 Å². The van der Waals surface area contributed by atoms with Gasteiger partial charge in [-0.1, -0.05) is 6.42 Å². The van der Waals surface area contributed by atoms with E-state index in [-0.39, 0.29) is 23.6 Å². The zero-order valence-corrected chi connectivity index (χ0v) is 12.7.